The van der Waals surface area contributed by atoms with Crippen molar-refractivity contribution in [2.24, 2.45) is 7.05 Å². The summed E-state index contributed by atoms with van der Waals surface area (Å²) >= 11 is 0. The largest absolute Gasteiger partial charge is 0.507 e. The topological polar surface area (TPSA) is 93.2 Å². The maximum atomic E-state index is 14.8. The second kappa shape index (κ2) is 8.41. The van der Waals surface area contributed by atoms with E-state index in [9.17, 15) is 19.1 Å². The van der Waals surface area contributed by atoms with Crippen LogP contribution in [0.3, 0.4) is 0 Å². The van der Waals surface area contributed by atoms with Crippen LogP contribution < -0.4 is 0 Å². The number of Topliss-reactive ketones (excluding diaryl/α,β-unsaturated/α-hetero) is 1. The Hall–Kier alpha value is -3.75. The zero-order chi connectivity index (χ0) is 23.0. The summed E-state index contributed by atoms with van der Waals surface area (Å²) in [6.45, 7) is 4.26. The summed E-state index contributed by atoms with van der Waals surface area (Å²) in [7, 11) is 1.72. The number of aryl methyl sites for hydroxylation is 3. The molecule has 32 heavy (non-hydrogen) atoms. The number of imidazole rings is 1. The van der Waals surface area contributed by atoms with E-state index >= 15 is 0 Å². The first-order valence-electron chi connectivity index (χ1n) is 10.3. The van der Waals surface area contributed by atoms with Crippen molar-refractivity contribution in [1.29, 1.82) is 0 Å². The first-order valence-corrected chi connectivity index (χ1v) is 10.3. The van der Waals surface area contributed by atoms with Gasteiger partial charge >= 0.3 is 0 Å². The maximum absolute atomic E-state index is 14.8. The fourth-order valence-corrected chi connectivity index (χ4v) is 4.22. The first kappa shape index (κ1) is 21.5. The van der Waals surface area contributed by atoms with E-state index in [2.05, 4.69) is 10.1 Å². The summed E-state index contributed by atoms with van der Waals surface area (Å²) in [6, 6.07) is 4.97. The van der Waals surface area contributed by atoms with Crippen LogP contribution in [0, 0.1) is 19.7 Å². The molecule has 9 heteroatoms. The molecule has 1 amide bonds. The summed E-state index contributed by atoms with van der Waals surface area (Å²) in [5.74, 6) is -2.48. The summed E-state index contributed by atoms with van der Waals surface area (Å²) < 4.78 is 18.3. The zero-order valence-corrected chi connectivity index (χ0v) is 18.1. The number of amides is 1. The Balaban J connectivity index is 1.80. The van der Waals surface area contributed by atoms with Crippen molar-refractivity contribution in [2.75, 3.05) is 6.54 Å². The molecule has 1 aromatic carbocycles. The van der Waals surface area contributed by atoms with Gasteiger partial charge in [-0.2, -0.15) is 5.10 Å². The van der Waals surface area contributed by atoms with Gasteiger partial charge in [0.25, 0.3) is 11.7 Å². The number of rotatable bonds is 6. The number of aromatic nitrogens is 4. The molecular formula is C23H24FN5O3. The van der Waals surface area contributed by atoms with Crippen LogP contribution in [-0.4, -0.2) is 47.6 Å². The highest BCUT2D eigenvalue weighted by atomic mass is 19.1. The second-order valence-electron chi connectivity index (χ2n) is 7.84. The highest BCUT2D eigenvalue weighted by molar-refractivity contribution is 6.46. The van der Waals surface area contributed by atoms with Gasteiger partial charge in [0.1, 0.15) is 11.6 Å². The molecule has 1 unspecified atom stereocenters. The van der Waals surface area contributed by atoms with Gasteiger partial charge in [-0.05, 0) is 26.3 Å². The molecule has 3 aromatic rings. The highest BCUT2D eigenvalue weighted by Crippen LogP contribution is 2.41. The minimum Gasteiger partial charge on any atom is -0.507 e. The van der Waals surface area contributed by atoms with E-state index in [1.165, 1.54) is 17.0 Å². The standard InChI is InChI=1S/C23H24FN5O3/c1-14-18(15(2)27(3)26-14)21(30)19-20(16-7-4-5-8-17(16)24)29(23(32)22(19)31)11-6-10-28-12-9-25-13-28/h4-5,7-9,12-13,20,30H,6,10-11H2,1-3H3/b21-19+. The van der Waals surface area contributed by atoms with Gasteiger partial charge < -0.3 is 14.6 Å². The maximum Gasteiger partial charge on any atom is 0.295 e. The van der Waals surface area contributed by atoms with Gasteiger partial charge in [-0.3, -0.25) is 14.3 Å². The lowest BCUT2D eigenvalue weighted by Crippen LogP contribution is -2.31. The average molecular weight is 437 g/mol. The predicted octanol–water partition coefficient (Wildman–Crippen LogP) is 2.88. The number of halogens is 1. The molecule has 8 nitrogen and oxygen atoms in total. The number of nitrogens with zero attached hydrogens (tertiary/aromatic N) is 5. The molecule has 1 fully saturated rings. The Bertz CT molecular complexity index is 1210. The second-order valence-corrected chi connectivity index (χ2v) is 7.84. The quantitative estimate of drug-likeness (QED) is 0.364. The number of ketones is 1. The molecule has 0 spiro atoms. The number of aliphatic hydroxyl groups excluding tert-OH is 1. The van der Waals surface area contributed by atoms with Crippen molar-refractivity contribution in [2.45, 2.75) is 32.9 Å². The molecule has 1 N–H and O–H groups in total. The molecule has 2 aromatic heterocycles. The third kappa shape index (κ3) is 3.59. The smallest absolute Gasteiger partial charge is 0.295 e. The van der Waals surface area contributed by atoms with Gasteiger partial charge in [-0.25, -0.2) is 9.37 Å². The molecule has 1 atom stereocenters. The number of likely N-dealkylation sites (tertiary alicyclic amines) is 1. The summed E-state index contributed by atoms with van der Waals surface area (Å²) in [4.78, 5) is 31.4. The van der Waals surface area contributed by atoms with Crippen LogP contribution in [0.15, 0.2) is 48.6 Å². The number of benzene rings is 1. The van der Waals surface area contributed by atoms with Crippen molar-refractivity contribution in [3.8, 4) is 0 Å². The van der Waals surface area contributed by atoms with Gasteiger partial charge in [-0.15, -0.1) is 0 Å². The molecule has 4 rings (SSSR count). The van der Waals surface area contributed by atoms with Crippen molar-refractivity contribution in [3.63, 3.8) is 0 Å². The van der Waals surface area contributed by atoms with Crippen molar-refractivity contribution in [3.05, 3.63) is 76.9 Å². The van der Waals surface area contributed by atoms with Crippen LogP contribution in [0.25, 0.3) is 5.76 Å². The van der Waals surface area contributed by atoms with Crippen molar-refractivity contribution >= 4 is 17.4 Å². The molecule has 0 aliphatic carbocycles. The lowest BCUT2D eigenvalue weighted by molar-refractivity contribution is -0.140. The van der Waals surface area contributed by atoms with Gasteiger partial charge in [0.15, 0.2) is 0 Å². The molecule has 166 valence electrons. The zero-order valence-electron chi connectivity index (χ0n) is 18.1. The molecule has 3 heterocycles. The molecular weight excluding hydrogens is 413 g/mol. The molecule has 1 aliphatic rings. The first-order chi connectivity index (χ1) is 15.3. The van der Waals surface area contributed by atoms with Crippen LogP contribution in [0.2, 0.25) is 0 Å². The minimum atomic E-state index is -1.03. The number of hydrogen-bond donors (Lipinski definition) is 1. The third-order valence-corrected chi connectivity index (χ3v) is 5.86. The molecule has 1 saturated heterocycles. The van der Waals surface area contributed by atoms with Crippen LogP contribution >= 0.6 is 0 Å². The van der Waals surface area contributed by atoms with E-state index < -0.39 is 23.5 Å². The molecule has 0 saturated carbocycles. The van der Waals surface area contributed by atoms with E-state index in [0.717, 1.165) is 0 Å². The normalized spacial score (nSPS) is 18.0. The number of aliphatic hydroxyl groups is 1. The Kier molecular flexibility index (Phi) is 5.65. The van der Waals surface area contributed by atoms with Crippen LogP contribution in [-0.2, 0) is 23.2 Å². The Morgan fingerprint density at radius 2 is 1.94 bits per heavy atom. The van der Waals surface area contributed by atoms with Crippen molar-refractivity contribution in [1.82, 2.24) is 24.2 Å². The number of carbonyl (C=O) groups excluding carboxylic acids is 2. The van der Waals surface area contributed by atoms with Gasteiger partial charge in [0.05, 0.1) is 29.2 Å². The lowest BCUT2D eigenvalue weighted by Gasteiger charge is -2.25. The monoisotopic (exact) mass is 437 g/mol. The van der Waals surface area contributed by atoms with Crippen molar-refractivity contribution < 1.29 is 19.1 Å². The Morgan fingerprint density at radius 1 is 1.19 bits per heavy atom. The minimum absolute atomic E-state index is 0.123. The predicted molar refractivity (Wildman–Crippen MR) is 115 cm³/mol. The fraction of sp³-hybridized carbons (Fsp3) is 0.304. The molecule has 0 radical (unpaired) electrons. The fourth-order valence-electron chi connectivity index (χ4n) is 4.22. The van der Waals surface area contributed by atoms with Gasteiger partial charge in [-0.1, -0.05) is 18.2 Å². The SMILES string of the molecule is Cc1nn(C)c(C)c1/C(O)=C1\C(=O)C(=O)N(CCCn2ccnc2)C1c1ccccc1F. The van der Waals surface area contributed by atoms with E-state index in [1.807, 2.05) is 4.57 Å². The van der Waals surface area contributed by atoms with Crippen LogP contribution in [0.5, 0.6) is 0 Å². The molecule has 1 aliphatic heterocycles. The summed E-state index contributed by atoms with van der Waals surface area (Å²) in [5, 5.41) is 15.5. The van der Waals surface area contributed by atoms with E-state index in [4.69, 9.17) is 0 Å². The number of carbonyl (C=O) groups is 2. The summed E-state index contributed by atoms with van der Waals surface area (Å²) in [6.07, 6.45) is 5.65. The highest BCUT2D eigenvalue weighted by Gasteiger charge is 2.47. The number of hydrogen-bond acceptors (Lipinski definition) is 5. The van der Waals surface area contributed by atoms with E-state index in [0.29, 0.717) is 29.9 Å². The van der Waals surface area contributed by atoms with E-state index in [1.54, 1.807) is 56.4 Å². The average Bonchev–Trinajstić information content (AvgIpc) is 3.42. The van der Waals surface area contributed by atoms with Crippen LogP contribution in [0.4, 0.5) is 4.39 Å². The molecule has 0 bridgehead atoms. The van der Waals surface area contributed by atoms with E-state index in [-0.39, 0.29) is 23.4 Å². The lowest BCUT2D eigenvalue weighted by atomic mass is 9.94. The third-order valence-electron chi connectivity index (χ3n) is 5.86. The van der Waals surface area contributed by atoms with Gasteiger partial charge in [0.2, 0.25) is 0 Å². The summed E-state index contributed by atoms with van der Waals surface area (Å²) in [5.41, 5.74) is 1.57. The van der Waals surface area contributed by atoms with Gasteiger partial charge in [0, 0.05) is 43.8 Å². The Morgan fingerprint density at radius 3 is 2.56 bits per heavy atom. The Labute approximate surface area is 184 Å². The van der Waals surface area contributed by atoms with Crippen LogP contribution in [0.1, 0.15) is 35.0 Å².